The van der Waals surface area contributed by atoms with Gasteiger partial charge in [-0.05, 0) is 55.3 Å². The van der Waals surface area contributed by atoms with Gasteiger partial charge < -0.3 is 14.2 Å². The van der Waals surface area contributed by atoms with Crippen LogP contribution in [-0.4, -0.2) is 35.3 Å². The van der Waals surface area contributed by atoms with Crippen molar-refractivity contribution in [3.05, 3.63) is 64.2 Å². The van der Waals surface area contributed by atoms with Crippen molar-refractivity contribution in [1.29, 1.82) is 0 Å². The lowest BCUT2D eigenvalue weighted by Crippen LogP contribution is -2.21. The normalized spacial score (nSPS) is 12.6. The summed E-state index contributed by atoms with van der Waals surface area (Å²) < 4.78 is 18.1. The molecule has 0 atom stereocenters. The van der Waals surface area contributed by atoms with Crippen LogP contribution in [0, 0.1) is 0 Å². The van der Waals surface area contributed by atoms with Gasteiger partial charge in [-0.1, -0.05) is 6.92 Å². The molecule has 0 amide bonds. The third-order valence-electron chi connectivity index (χ3n) is 4.93. The Morgan fingerprint density at radius 1 is 1.03 bits per heavy atom. The van der Waals surface area contributed by atoms with Crippen LogP contribution >= 0.6 is 0 Å². The molecule has 7 heteroatoms. The summed E-state index contributed by atoms with van der Waals surface area (Å²) in [7, 11) is 0. The van der Waals surface area contributed by atoms with E-state index in [-0.39, 0.29) is 18.8 Å². The van der Waals surface area contributed by atoms with E-state index in [1.807, 2.05) is 24.3 Å². The zero-order chi connectivity index (χ0) is 20.9. The number of aromatic nitrogens is 2. The predicted molar refractivity (Wildman–Crippen MR) is 112 cm³/mol. The van der Waals surface area contributed by atoms with Crippen LogP contribution in [0.4, 0.5) is 0 Å². The number of hydrogen-bond donors (Lipinski definition) is 0. The van der Waals surface area contributed by atoms with Gasteiger partial charge >= 0.3 is 5.97 Å². The summed E-state index contributed by atoms with van der Waals surface area (Å²) in [5, 5.41) is 0.520. The number of rotatable bonds is 8. The number of fused-ring (bicyclic) bond motifs is 2. The molecule has 0 aliphatic carbocycles. The summed E-state index contributed by atoms with van der Waals surface area (Å²) in [6.07, 6.45) is 2.65. The Bertz CT molecular complexity index is 1110. The Labute approximate surface area is 174 Å². The van der Waals surface area contributed by atoms with Crippen LogP contribution in [0.3, 0.4) is 0 Å². The quantitative estimate of drug-likeness (QED) is 0.420. The Balaban J connectivity index is 1.32. The second kappa shape index (κ2) is 8.98. The van der Waals surface area contributed by atoms with Gasteiger partial charge in [-0.2, -0.15) is 0 Å². The second-order valence-corrected chi connectivity index (χ2v) is 7.12. The average Bonchev–Trinajstić information content (AvgIpc) is 3.24. The minimum Gasteiger partial charge on any atom is -0.494 e. The first kappa shape index (κ1) is 19.9. The number of aryl methyl sites for hydroxylation is 1. The number of carbonyl (C=O) groups is 1. The third-order valence-corrected chi connectivity index (χ3v) is 4.93. The molecule has 0 N–H and O–H groups in total. The van der Waals surface area contributed by atoms with Crippen LogP contribution < -0.4 is 15.0 Å². The molecule has 30 heavy (non-hydrogen) atoms. The average molecular weight is 408 g/mol. The minimum absolute atomic E-state index is 0.0491. The second-order valence-electron chi connectivity index (χ2n) is 7.12. The molecule has 1 aliphatic heterocycles. The van der Waals surface area contributed by atoms with Crippen LogP contribution in [0.25, 0.3) is 10.9 Å². The van der Waals surface area contributed by atoms with Gasteiger partial charge in [0, 0.05) is 13.0 Å². The highest BCUT2D eigenvalue weighted by Gasteiger charge is 2.17. The molecule has 0 fully saturated rings. The molecule has 4 rings (SSSR count). The van der Waals surface area contributed by atoms with Crippen LogP contribution in [0.2, 0.25) is 0 Å². The number of ether oxygens (including phenoxy) is 3. The van der Waals surface area contributed by atoms with Gasteiger partial charge in [-0.15, -0.1) is 0 Å². The first-order chi connectivity index (χ1) is 14.7. The van der Waals surface area contributed by atoms with Gasteiger partial charge in [0.25, 0.3) is 5.56 Å². The minimum atomic E-state index is -0.466. The summed E-state index contributed by atoms with van der Waals surface area (Å²) in [5.41, 5.74) is 0.853. The first-order valence-corrected chi connectivity index (χ1v) is 10.2. The first-order valence-electron chi connectivity index (χ1n) is 10.2. The van der Waals surface area contributed by atoms with Gasteiger partial charge in [0.15, 0.2) is 0 Å². The summed E-state index contributed by atoms with van der Waals surface area (Å²) >= 11 is 0. The van der Waals surface area contributed by atoms with Crippen LogP contribution in [0.15, 0.2) is 47.3 Å². The molecule has 2 heterocycles. The summed E-state index contributed by atoms with van der Waals surface area (Å²) in [4.78, 5) is 29.4. The Morgan fingerprint density at radius 3 is 2.50 bits per heavy atom. The number of esters is 1. The zero-order valence-corrected chi connectivity index (χ0v) is 16.9. The van der Waals surface area contributed by atoms with Crippen molar-refractivity contribution in [3.8, 4) is 11.5 Å². The van der Waals surface area contributed by atoms with Crippen molar-refractivity contribution in [2.45, 2.75) is 32.7 Å². The number of benzene rings is 2. The van der Waals surface area contributed by atoms with E-state index in [1.165, 1.54) is 0 Å². The number of hydrogen-bond acceptors (Lipinski definition) is 6. The van der Waals surface area contributed by atoms with E-state index in [4.69, 9.17) is 14.2 Å². The maximum atomic E-state index is 12.5. The van der Waals surface area contributed by atoms with E-state index >= 15 is 0 Å². The Morgan fingerprint density at radius 2 is 1.77 bits per heavy atom. The predicted octanol–water partition coefficient (Wildman–Crippen LogP) is 3.37. The molecule has 0 saturated heterocycles. The Kier molecular flexibility index (Phi) is 5.97. The SMILES string of the molecule is CCCOc1ccc(OCCOC(=O)c2ccc3c(=O)n4c(nc3c2)CCC4)cc1. The molecule has 7 nitrogen and oxygen atoms in total. The van der Waals surface area contributed by atoms with E-state index in [1.54, 1.807) is 22.8 Å². The zero-order valence-electron chi connectivity index (χ0n) is 16.9. The smallest absolute Gasteiger partial charge is 0.338 e. The molecule has 156 valence electrons. The molecule has 0 saturated carbocycles. The highest BCUT2D eigenvalue weighted by Crippen LogP contribution is 2.18. The molecule has 0 spiro atoms. The van der Waals surface area contributed by atoms with Crippen molar-refractivity contribution >= 4 is 16.9 Å². The topological polar surface area (TPSA) is 79.7 Å². The van der Waals surface area contributed by atoms with Gasteiger partial charge in [0.05, 0.1) is 23.1 Å². The Hall–Kier alpha value is -3.35. The lowest BCUT2D eigenvalue weighted by atomic mass is 10.1. The highest BCUT2D eigenvalue weighted by molar-refractivity contribution is 5.94. The van der Waals surface area contributed by atoms with Crippen molar-refractivity contribution in [1.82, 2.24) is 9.55 Å². The van der Waals surface area contributed by atoms with Gasteiger partial charge in [0.1, 0.15) is 30.5 Å². The van der Waals surface area contributed by atoms with E-state index < -0.39 is 5.97 Å². The standard InChI is InChI=1S/C23H24N2O5/c1-2-12-28-17-6-8-18(9-7-17)29-13-14-30-23(27)16-5-10-19-20(15-16)24-21-4-3-11-25(21)22(19)26/h5-10,15H,2-4,11-14H2,1H3. The molecule has 1 aliphatic rings. The largest absolute Gasteiger partial charge is 0.494 e. The maximum absolute atomic E-state index is 12.5. The van der Waals surface area contributed by atoms with E-state index in [0.29, 0.717) is 35.4 Å². The molecule has 3 aromatic rings. The third kappa shape index (κ3) is 4.30. The fourth-order valence-electron chi connectivity index (χ4n) is 3.44. The van der Waals surface area contributed by atoms with Crippen LogP contribution in [0.1, 0.15) is 35.9 Å². The van der Waals surface area contributed by atoms with Gasteiger partial charge in [0.2, 0.25) is 0 Å². The van der Waals surface area contributed by atoms with Crippen LogP contribution in [0.5, 0.6) is 11.5 Å². The molecular formula is C23H24N2O5. The molecule has 0 bridgehead atoms. The molecule has 0 radical (unpaired) electrons. The van der Waals surface area contributed by atoms with Crippen molar-refractivity contribution < 1.29 is 19.0 Å². The van der Waals surface area contributed by atoms with E-state index in [2.05, 4.69) is 11.9 Å². The summed E-state index contributed by atoms with van der Waals surface area (Å²) in [5.74, 6) is 1.79. The summed E-state index contributed by atoms with van der Waals surface area (Å²) in [6, 6.07) is 12.2. The monoisotopic (exact) mass is 408 g/mol. The summed E-state index contributed by atoms with van der Waals surface area (Å²) in [6.45, 7) is 3.79. The number of nitrogens with zero attached hydrogens (tertiary/aromatic N) is 2. The van der Waals surface area contributed by atoms with Crippen molar-refractivity contribution in [3.63, 3.8) is 0 Å². The molecule has 1 aromatic heterocycles. The lowest BCUT2D eigenvalue weighted by molar-refractivity contribution is 0.0450. The van der Waals surface area contributed by atoms with E-state index in [0.717, 1.165) is 30.8 Å². The molecule has 0 unspecified atom stereocenters. The van der Waals surface area contributed by atoms with Gasteiger partial charge in [-0.3, -0.25) is 9.36 Å². The van der Waals surface area contributed by atoms with Gasteiger partial charge in [-0.25, -0.2) is 9.78 Å². The number of carbonyl (C=O) groups excluding carboxylic acids is 1. The molecular weight excluding hydrogens is 384 g/mol. The maximum Gasteiger partial charge on any atom is 0.338 e. The highest BCUT2D eigenvalue weighted by atomic mass is 16.6. The van der Waals surface area contributed by atoms with E-state index in [9.17, 15) is 9.59 Å². The van der Waals surface area contributed by atoms with Crippen molar-refractivity contribution in [2.75, 3.05) is 19.8 Å². The molecule has 2 aromatic carbocycles. The fraction of sp³-hybridized carbons (Fsp3) is 0.348. The van der Waals surface area contributed by atoms with Crippen molar-refractivity contribution in [2.24, 2.45) is 0 Å². The lowest BCUT2D eigenvalue weighted by Gasteiger charge is -2.09. The van der Waals surface area contributed by atoms with Crippen LogP contribution in [-0.2, 0) is 17.7 Å². The fourth-order valence-corrected chi connectivity index (χ4v) is 3.44.